The van der Waals surface area contributed by atoms with Crippen molar-refractivity contribution in [1.82, 2.24) is 0 Å². The number of carbonyl (C=O) groups excluding carboxylic acids is 1. The van der Waals surface area contributed by atoms with Crippen LogP contribution in [0.3, 0.4) is 0 Å². The Labute approximate surface area is 116 Å². The van der Waals surface area contributed by atoms with E-state index in [4.69, 9.17) is 14.2 Å². The Morgan fingerprint density at radius 2 is 2.10 bits per heavy atom. The fraction of sp³-hybridized carbons (Fsp3) is 0.800. The Hall–Kier alpha value is -0.910. The molecule has 0 unspecified atom stereocenters. The van der Waals surface area contributed by atoms with Crippen molar-refractivity contribution in [2.75, 3.05) is 0 Å². The predicted octanol–water partition coefficient (Wildman–Crippen LogP) is 0.554. The van der Waals surface area contributed by atoms with Gasteiger partial charge in [0.05, 0.1) is 11.5 Å². The summed E-state index contributed by atoms with van der Waals surface area (Å²) in [5, 5.41) is 10.9. The van der Waals surface area contributed by atoms with Gasteiger partial charge in [0.1, 0.15) is 29.5 Å². The first-order chi connectivity index (χ1) is 9.33. The topological polar surface area (TPSA) is 71.6 Å². The van der Waals surface area contributed by atoms with E-state index in [2.05, 4.69) is 13.5 Å². The van der Waals surface area contributed by atoms with Crippen molar-refractivity contribution in [2.24, 2.45) is 11.8 Å². The van der Waals surface area contributed by atoms with Crippen molar-refractivity contribution < 1.29 is 24.1 Å². The highest BCUT2D eigenvalue weighted by Crippen LogP contribution is 2.74. The van der Waals surface area contributed by atoms with Crippen LogP contribution in [0.15, 0.2) is 12.2 Å². The number of epoxide rings is 2. The van der Waals surface area contributed by atoms with E-state index in [-0.39, 0.29) is 41.7 Å². The quantitative estimate of drug-likeness (QED) is 0.398. The van der Waals surface area contributed by atoms with Gasteiger partial charge in [0, 0.05) is 11.5 Å². The smallest absolute Gasteiger partial charge is 0.334 e. The number of hydrogen-bond acceptors (Lipinski definition) is 5. The van der Waals surface area contributed by atoms with Crippen molar-refractivity contribution in [2.45, 2.75) is 61.8 Å². The monoisotopic (exact) mass is 278 g/mol. The molecule has 5 aliphatic rings. The lowest BCUT2D eigenvalue weighted by Gasteiger charge is -2.35. The van der Waals surface area contributed by atoms with E-state index in [0.29, 0.717) is 5.57 Å². The van der Waals surface area contributed by atoms with Crippen LogP contribution in [0.5, 0.6) is 0 Å². The highest BCUT2D eigenvalue weighted by Gasteiger charge is 2.91. The highest BCUT2D eigenvalue weighted by atomic mass is 16.7. The fourth-order valence-corrected chi connectivity index (χ4v) is 5.29. The van der Waals surface area contributed by atoms with Crippen LogP contribution in [0.1, 0.15) is 26.7 Å². The van der Waals surface area contributed by atoms with Crippen molar-refractivity contribution in [3.05, 3.63) is 12.2 Å². The molecule has 0 aromatic carbocycles. The summed E-state index contributed by atoms with van der Waals surface area (Å²) in [4.78, 5) is 11.9. The van der Waals surface area contributed by atoms with Crippen LogP contribution in [0.2, 0.25) is 0 Å². The minimum atomic E-state index is -1.01. The van der Waals surface area contributed by atoms with Crippen molar-refractivity contribution in [1.29, 1.82) is 0 Å². The molecule has 0 aromatic rings. The molecule has 20 heavy (non-hydrogen) atoms. The number of rotatable bonds is 0. The molecule has 3 heterocycles. The third kappa shape index (κ3) is 0.954. The van der Waals surface area contributed by atoms with E-state index in [0.717, 1.165) is 12.8 Å². The van der Waals surface area contributed by atoms with Crippen molar-refractivity contribution in [3.8, 4) is 0 Å². The van der Waals surface area contributed by atoms with Crippen LogP contribution in [-0.2, 0) is 19.0 Å². The van der Waals surface area contributed by atoms with Crippen LogP contribution in [0.4, 0.5) is 0 Å². The summed E-state index contributed by atoms with van der Waals surface area (Å²) >= 11 is 0. The Morgan fingerprint density at radius 3 is 2.85 bits per heavy atom. The SMILES string of the molecule is C=C1C(=O)O[C@H]2[C@H]1CC[C@@]1(C)O[C@@]13[C@H]1O[C@H]1[C@@](C)(O)[C@H]23. The van der Waals surface area contributed by atoms with Crippen molar-refractivity contribution >= 4 is 5.97 Å². The molecule has 0 bridgehead atoms. The summed E-state index contributed by atoms with van der Waals surface area (Å²) in [5.41, 5.74) is -1.21. The zero-order valence-electron chi connectivity index (χ0n) is 11.6. The minimum Gasteiger partial charge on any atom is -0.458 e. The Kier molecular flexibility index (Phi) is 1.67. The van der Waals surface area contributed by atoms with Gasteiger partial charge in [-0.3, -0.25) is 0 Å². The summed E-state index contributed by atoms with van der Waals surface area (Å²) in [5.74, 6) is -0.544. The molecule has 2 aliphatic carbocycles. The lowest BCUT2D eigenvalue weighted by atomic mass is 9.75. The van der Waals surface area contributed by atoms with Gasteiger partial charge in [-0.1, -0.05) is 6.58 Å². The second-order valence-electron chi connectivity index (χ2n) is 7.35. The van der Waals surface area contributed by atoms with Gasteiger partial charge in [-0.05, 0) is 26.7 Å². The molecule has 3 saturated heterocycles. The fourth-order valence-electron chi connectivity index (χ4n) is 5.29. The second-order valence-corrected chi connectivity index (χ2v) is 7.35. The normalized spacial score (nSPS) is 65.7. The highest BCUT2D eigenvalue weighted by molar-refractivity contribution is 5.91. The molecule has 5 nitrogen and oxygen atoms in total. The van der Waals surface area contributed by atoms with Gasteiger partial charge < -0.3 is 19.3 Å². The van der Waals surface area contributed by atoms with Gasteiger partial charge in [-0.15, -0.1) is 0 Å². The van der Waals surface area contributed by atoms with Crippen LogP contribution in [-0.4, -0.2) is 46.2 Å². The molecule has 0 aromatic heterocycles. The number of hydrogen-bond donors (Lipinski definition) is 1. The van der Waals surface area contributed by atoms with Crippen LogP contribution in [0.25, 0.3) is 0 Å². The van der Waals surface area contributed by atoms with Crippen LogP contribution >= 0.6 is 0 Å². The molecule has 2 saturated carbocycles. The van der Waals surface area contributed by atoms with E-state index in [1.165, 1.54) is 0 Å². The first kappa shape index (κ1) is 11.7. The van der Waals surface area contributed by atoms with Crippen molar-refractivity contribution in [3.63, 3.8) is 0 Å². The number of esters is 1. The number of aliphatic hydroxyl groups is 1. The van der Waals surface area contributed by atoms with E-state index >= 15 is 0 Å². The lowest BCUT2D eigenvalue weighted by Crippen LogP contribution is -2.51. The molecule has 108 valence electrons. The molecule has 0 radical (unpaired) electrons. The predicted molar refractivity (Wildman–Crippen MR) is 66.7 cm³/mol. The standard InChI is InChI=1S/C15H18O5/c1-6-7-4-5-13(2)15(20-13)9(8(7)18-12(6)16)14(3,17)10-11(15)19-10/h7-11,17H,1,4-5H2,2-3H3/t7-,8-,9-,10+,11-,13+,14-,15-/m0/s1. The Bertz CT molecular complexity index is 569. The van der Waals surface area contributed by atoms with Gasteiger partial charge in [0.15, 0.2) is 0 Å². The van der Waals surface area contributed by atoms with E-state index in [1.54, 1.807) is 6.92 Å². The molecule has 5 rings (SSSR count). The molecule has 5 fully saturated rings. The summed E-state index contributed by atoms with van der Waals surface area (Å²) in [7, 11) is 0. The Morgan fingerprint density at radius 1 is 1.35 bits per heavy atom. The molecule has 1 spiro atoms. The summed E-state index contributed by atoms with van der Waals surface area (Å²) < 4.78 is 17.4. The number of fused-ring (bicyclic) bond motifs is 3. The average molecular weight is 278 g/mol. The van der Waals surface area contributed by atoms with E-state index < -0.39 is 11.2 Å². The van der Waals surface area contributed by atoms with E-state index in [9.17, 15) is 9.90 Å². The molecule has 5 heteroatoms. The molecule has 3 aliphatic heterocycles. The number of ether oxygens (including phenoxy) is 3. The van der Waals surface area contributed by atoms with Crippen LogP contribution < -0.4 is 0 Å². The molecule has 0 amide bonds. The van der Waals surface area contributed by atoms with Gasteiger partial charge in [-0.2, -0.15) is 0 Å². The summed E-state index contributed by atoms with van der Waals surface area (Å²) in [6, 6.07) is 0. The third-order valence-corrected chi connectivity index (χ3v) is 6.37. The van der Waals surface area contributed by atoms with Gasteiger partial charge in [0.25, 0.3) is 0 Å². The zero-order chi connectivity index (χ0) is 14.1. The lowest BCUT2D eigenvalue weighted by molar-refractivity contribution is -0.153. The first-order valence-corrected chi connectivity index (χ1v) is 7.31. The largest absolute Gasteiger partial charge is 0.458 e. The maximum atomic E-state index is 11.9. The van der Waals surface area contributed by atoms with Crippen LogP contribution in [0, 0.1) is 11.8 Å². The van der Waals surface area contributed by atoms with Gasteiger partial charge >= 0.3 is 5.97 Å². The first-order valence-electron chi connectivity index (χ1n) is 7.31. The van der Waals surface area contributed by atoms with Gasteiger partial charge in [0.2, 0.25) is 0 Å². The Balaban J connectivity index is 1.67. The number of carbonyl (C=O) groups is 1. The summed E-state index contributed by atoms with van der Waals surface area (Å²) in [6.07, 6.45) is 1.09. The summed E-state index contributed by atoms with van der Waals surface area (Å²) in [6.45, 7) is 7.76. The maximum absolute atomic E-state index is 11.9. The molecule has 8 atom stereocenters. The molecular formula is C15H18O5. The third-order valence-electron chi connectivity index (χ3n) is 6.37. The minimum absolute atomic E-state index is 0.00146. The maximum Gasteiger partial charge on any atom is 0.334 e. The molecular weight excluding hydrogens is 260 g/mol. The molecule has 1 N–H and O–H groups in total. The van der Waals surface area contributed by atoms with E-state index in [1.807, 2.05) is 0 Å². The van der Waals surface area contributed by atoms with Gasteiger partial charge in [-0.25, -0.2) is 4.79 Å². The average Bonchev–Trinajstić information content (AvgIpc) is 3.19. The second kappa shape index (κ2) is 2.85. The zero-order valence-corrected chi connectivity index (χ0v) is 11.6.